The highest BCUT2D eigenvalue weighted by atomic mass is 16.7. The van der Waals surface area contributed by atoms with Gasteiger partial charge in [0.2, 0.25) is 0 Å². The van der Waals surface area contributed by atoms with Gasteiger partial charge >= 0.3 is 5.97 Å². The fourth-order valence-electron chi connectivity index (χ4n) is 8.84. The van der Waals surface area contributed by atoms with Gasteiger partial charge in [-0.3, -0.25) is 4.79 Å². The van der Waals surface area contributed by atoms with Gasteiger partial charge in [-0.25, -0.2) is 0 Å². The molecular weight excluding hydrogens is 805 g/mol. The standard InChI is InChI=1S/C55H106O9/c1-3-5-7-9-11-13-15-17-19-21-23-25-26-28-30-32-34-36-38-40-42-44-51(57)63-49(48-62-55-54(60)53(59)52(58)50(46-56)64-55)47-61-45-43-41-39-37-35-33-31-29-27-24-22-20-18-16-14-12-10-8-6-4-2/h18,20,49-50,52-56,58-60H,3-17,19,21-48H2,1-2H3/b20-18-. The Bertz CT molecular complexity index is 993. The van der Waals surface area contributed by atoms with Crippen molar-refractivity contribution < 1.29 is 44.2 Å². The van der Waals surface area contributed by atoms with Gasteiger partial charge < -0.3 is 39.4 Å². The molecule has 1 rings (SSSR count). The van der Waals surface area contributed by atoms with Gasteiger partial charge in [0.25, 0.3) is 0 Å². The van der Waals surface area contributed by atoms with Gasteiger partial charge in [-0.1, -0.05) is 238 Å². The van der Waals surface area contributed by atoms with Crippen LogP contribution in [0.5, 0.6) is 0 Å². The number of hydrogen-bond acceptors (Lipinski definition) is 9. The van der Waals surface area contributed by atoms with Gasteiger partial charge in [-0.2, -0.15) is 0 Å². The first-order valence-electron chi connectivity index (χ1n) is 27.8. The molecule has 0 aromatic carbocycles. The van der Waals surface area contributed by atoms with Gasteiger partial charge in [0.15, 0.2) is 6.29 Å². The molecule has 9 heteroatoms. The Morgan fingerprint density at radius 2 is 0.859 bits per heavy atom. The van der Waals surface area contributed by atoms with E-state index in [1.165, 1.54) is 218 Å². The van der Waals surface area contributed by atoms with E-state index in [0.29, 0.717) is 13.0 Å². The number of aliphatic hydroxyl groups is 4. The second-order valence-electron chi connectivity index (χ2n) is 19.4. The summed E-state index contributed by atoms with van der Waals surface area (Å²) in [6.07, 6.45) is 48.2. The fraction of sp³-hybridized carbons (Fsp3) is 0.945. The molecule has 6 atom stereocenters. The zero-order valence-corrected chi connectivity index (χ0v) is 42.1. The number of ether oxygens (including phenoxy) is 4. The van der Waals surface area contributed by atoms with Crippen LogP contribution in [-0.2, 0) is 23.7 Å². The molecule has 0 bridgehead atoms. The lowest BCUT2D eigenvalue weighted by atomic mass is 9.99. The summed E-state index contributed by atoms with van der Waals surface area (Å²) in [5, 5.41) is 40.3. The topological polar surface area (TPSA) is 135 Å². The second kappa shape index (κ2) is 47.0. The molecule has 1 aliphatic rings. The van der Waals surface area contributed by atoms with Crippen molar-refractivity contribution in [2.75, 3.05) is 26.4 Å². The third-order valence-electron chi connectivity index (χ3n) is 13.2. The first kappa shape index (κ1) is 60.9. The molecule has 1 heterocycles. The van der Waals surface area contributed by atoms with E-state index in [9.17, 15) is 25.2 Å². The maximum Gasteiger partial charge on any atom is 0.306 e. The largest absolute Gasteiger partial charge is 0.457 e. The molecule has 0 aromatic heterocycles. The second-order valence-corrected chi connectivity index (χ2v) is 19.4. The Morgan fingerprint density at radius 1 is 0.484 bits per heavy atom. The van der Waals surface area contributed by atoms with Crippen molar-refractivity contribution in [1.29, 1.82) is 0 Å². The predicted octanol–water partition coefficient (Wildman–Crippen LogP) is 13.9. The predicted molar refractivity (Wildman–Crippen MR) is 266 cm³/mol. The number of allylic oxidation sites excluding steroid dienone is 2. The van der Waals surface area contributed by atoms with Crippen molar-refractivity contribution in [3.63, 3.8) is 0 Å². The van der Waals surface area contributed by atoms with Crippen LogP contribution in [0.2, 0.25) is 0 Å². The SMILES string of the molecule is CCCCCCCC/C=C\CCCCCCCCCCCCOCC(COC1OC(CO)C(O)C(O)C1O)OC(=O)CCCCCCCCCCCCCCCCCCCCCCC. The van der Waals surface area contributed by atoms with E-state index in [0.717, 1.165) is 32.1 Å². The van der Waals surface area contributed by atoms with Crippen LogP contribution in [0.3, 0.4) is 0 Å². The first-order valence-corrected chi connectivity index (χ1v) is 27.8. The Hall–Kier alpha value is -1.07. The van der Waals surface area contributed by atoms with Crippen LogP contribution in [0.25, 0.3) is 0 Å². The molecular formula is C55H106O9. The third-order valence-corrected chi connectivity index (χ3v) is 13.2. The van der Waals surface area contributed by atoms with Gasteiger partial charge in [0.1, 0.15) is 30.5 Å². The van der Waals surface area contributed by atoms with E-state index in [1.807, 2.05) is 0 Å². The van der Waals surface area contributed by atoms with Crippen LogP contribution in [-0.4, -0.2) is 89.6 Å². The maximum atomic E-state index is 12.9. The maximum absolute atomic E-state index is 12.9. The highest BCUT2D eigenvalue weighted by Crippen LogP contribution is 2.23. The van der Waals surface area contributed by atoms with Crippen LogP contribution in [0.15, 0.2) is 12.2 Å². The van der Waals surface area contributed by atoms with Gasteiger partial charge in [-0.05, 0) is 38.5 Å². The summed E-state index contributed by atoms with van der Waals surface area (Å²) in [5.74, 6) is -0.306. The Morgan fingerprint density at radius 3 is 1.27 bits per heavy atom. The number of unbranched alkanes of at least 4 members (excludes halogenated alkanes) is 36. The smallest absolute Gasteiger partial charge is 0.306 e. The molecule has 6 unspecified atom stereocenters. The van der Waals surface area contributed by atoms with Crippen LogP contribution in [0.4, 0.5) is 0 Å². The number of hydrogen-bond donors (Lipinski definition) is 4. The monoisotopic (exact) mass is 911 g/mol. The first-order chi connectivity index (χ1) is 31.4. The molecule has 1 saturated heterocycles. The van der Waals surface area contributed by atoms with E-state index in [4.69, 9.17) is 18.9 Å². The number of carbonyl (C=O) groups excluding carboxylic acids is 1. The minimum Gasteiger partial charge on any atom is -0.457 e. The Balaban J connectivity index is 2.16. The van der Waals surface area contributed by atoms with Crippen LogP contribution in [0.1, 0.15) is 271 Å². The third kappa shape index (κ3) is 37.0. The molecule has 0 radical (unpaired) electrons. The molecule has 64 heavy (non-hydrogen) atoms. The molecule has 1 aliphatic heterocycles. The van der Waals surface area contributed by atoms with E-state index >= 15 is 0 Å². The van der Waals surface area contributed by atoms with Crippen molar-refractivity contribution in [3.8, 4) is 0 Å². The van der Waals surface area contributed by atoms with E-state index in [-0.39, 0.29) is 19.2 Å². The quantitative estimate of drug-likeness (QED) is 0.0267. The lowest BCUT2D eigenvalue weighted by molar-refractivity contribution is -0.305. The molecule has 9 nitrogen and oxygen atoms in total. The summed E-state index contributed by atoms with van der Waals surface area (Å²) in [6.45, 7) is 4.62. The number of esters is 1. The summed E-state index contributed by atoms with van der Waals surface area (Å²) in [6, 6.07) is 0. The average Bonchev–Trinajstić information content (AvgIpc) is 3.30. The zero-order valence-electron chi connectivity index (χ0n) is 42.1. The molecule has 0 amide bonds. The van der Waals surface area contributed by atoms with Crippen molar-refractivity contribution in [2.24, 2.45) is 0 Å². The minimum absolute atomic E-state index is 0.107. The molecule has 0 saturated carbocycles. The van der Waals surface area contributed by atoms with Crippen LogP contribution in [0, 0.1) is 0 Å². The van der Waals surface area contributed by atoms with Crippen molar-refractivity contribution in [2.45, 2.75) is 307 Å². The highest BCUT2D eigenvalue weighted by Gasteiger charge is 2.44. The molecule has 0 spiro atoms. The van der Waals surface area contributed by atoms with Crippen molar-refractivity contribution in [1.82, 2.24) is 0 Å². The van der Waals surface area contributed by atoms with E-state index in [1.54, 1.807) is 0 Å². The number of rotatable bonds is 49. The van der Waals surface area contributed by atoms with Gasteiger partial charge in [0.05, 0.1) is 19.8 Å². The Kier molecular flexibility index (Phi) is 44.8. The van der Waals surface area contributed by atoms with Crippen LogP contribution < -0.4 is 0 Å². The molecule has 1 fully saturated rings. The number of carbonyl (C=O) groups is 1. The van der Waals surface area contributed by atoms with Crippen molar-refractivity contribution in [3.05, 3.63) is 12.2 Å². The summed E-state index contributed by atoms with van der Waals surface area (Å²) < 4.78 is 23.0. The highest BCUT2D eigenvalue weighted by molar-refractivity contribution is 5.69. The molecule has 0 aliphatic carbocycles. The molecule has 4 N–H and O–H groups in total. The van der Waals surface area contributed by atoms with Crippen molar-refractivity contribution >= 4 is 5.97 Å². The van der Waals surface area contributed by atoms with E-state index in [2.05, 4.69) is 26.0 Å². The minimum atomic E-state index is -1.53. The fourth-order valence-corrected chi connectivity index (χ4v) is 8.84. The molecule has 380 valence electrons. The Labute approximate surface area is 395 Å². The summed E-state index contributed by atoms with van der Waals surface area (Å²) >= 11 is 0. The van der Waals surface area contributed by atoms with Gasteiger partial charge in [0, 0.05) is 13.0 Å². The van der Waals surface area contributed by atoms with E-state index < -0.39 is 43.4 Å². The molecule has 0 aromatic rings. The normalized spacial score (nSPS) is 19.5. The summed E-state index contributed by atoms with van der Waals surface area (Å²) in [7, 11) is 0. The summed E-state index contributed by atoms with van der Waals surface area (Å²) in [4.78, 5) is 12.9. The zero-order chi connectivity index (χ0) is 46.4. The lowest BCUT2D eigenvalue weighted by Gasteiger charge is -2.39. The summed E-state index contributed by atoms with van der Waals surface area (Å²) in [5.41, 5.74) is 0. The van der Waals surface area contributed by atoms with Crippen LogP contribution >= 0.6 is 0 Å². The lowest BCUT2D eigenvalue weighted by Crippen LogP contribution is -2.59. The van der Waals surface area contributed by atoms with Gasteiger partial charge in [-0.15, -0.1) is 0 Å². The average molecular weight is 911 g/mol. The number of aliphatic hydroxyl groups excluding tert-OH is 4.